The van der Waals surface area contributed by atoms with Gasteiger partial charge in [-0.2, -0.15) is 0 Å². The van der Waals surface area contributed by atoms with Crippen molar-refractivity contribution in [2.45, 2.75) is 57.3 Å². The van der Waals surface area contributed by atoms with Gasteiger partial charge in [-0.1, -0.05) is 0 Å². The topological polar surface area (TPSA) is 47.3 Å². The summed E-state index contributed by atoms with van der Waals surface area (Å²) in [6.45, 7) is 1.88. The standard InChI is InChI=1S/C12H20N2O/c1-2-3-4-5-11(14-13)10-8-9-6-7-12(10)15-9/h9-12,14H,4-8,13H2,1H3. The number of fused-ring (bicyclic) bond motifs is 2. The minimum Gasteiger partial charge on any atom is -0.375 e. The number of rotatable bonds is 4. The first kappa shape index (κ1) is 10.9. The van der Waals surface area contributed by atoms with Gasteiger partial charge in [0.15, 0.2) is 0 Å². The molecule has 84 valence electrons. The van der Waals surface area contributed by atoms with Crippen LogP contribution < -0.4 is 11.3 Å². The smallest absolute Gasteiger partial charge is 0.0624 e. The lowest BCUT2D eigenvalue weighted by Gasteiger charge is -2.27. The average Bonchev–Trinajstić information content (AvgIpc) is 2.86. The van der Waals surface area contributed by atoms with Gasteiger partial charge in [0, 0.05) is 18.4 Å². The first-order valence-electron chi connectivity index (χ1n) is 5.86. The highest BCUT2D eigenvalue weighted by Crippen LogP contribution is 2.40. The number of ether oxygens (including phenoxy) is 1. The summed E-state index contributed by atoms with van der Waals surface area (Å²) in [4.78, 5) is 0. The molecule has 2 aliphatic rings. The molecule has 15 heavy (non-hydrogen) atoms. The summed E-state index contributed by atoms with van der Waals surface area (Å²) in [6.07, 6.45) is 6.56. The van der Waals surface area contributed by atoms with Crippen LogP contribution >= 0.6 is 0 Å². The van der Waals surface area contributed by atoms with Crippen molar-refractivity contribution >= 4 is 0 Å². The van der Waals surface area contributed by atoms with Crippen molar-refractivity contribution in [2.24, 2.45) is 11.8 Å². The van der Waals surface area contributed by atoms with Crippen LogP contribution in [0.25, 0.3) is 0 Å². The van der Waals surface area contributed by atoms with Crippen LogP contribution in [0, 0.1) is 17.8 Å². The summed E-state index contributed by atoms with van der Waals surface area (Å²) >= 11 is 0. The van der Waals surface area contributed by atoms with Gasteiger partial charge in [-0.3, -0.25) is 11.3 Å². The van der Waals surface area contributed by atoms with Gasteiger partial charge in [-0.05, 0) is 32.6 Å². The number of hydrazine groups is 1. The molecule has 2 aliphatic heterocycles. The molecular weight excluding hydrogens is 188 g/mol. The Morgan fingerprint density at radius 2 is 2.40 bits per heavy atom. The predicted molar refractivity (Wildman–Crippen MR) is 59.8 cm³/mol. The molecule has 2 fully saturated rings. The molecule has 2 saturated heterocycles. The number of hydrogen-bond acceptors (Lipinski definition) is 3. The van der Waals surface area contributed by atoms with E-state index in [1.807, 2.05) is 6.92 Å². The Morgan fingerprint density at radius 3 is 2.93 bits per heavy atom. The Labute approximate surface area is 91.7 Å². The van der Waals surface area contributed by atoms with E-state index < -0.39 is 0 Å². The fourth-order valence-corrected chi connectivity index (χ4v) is 2.87. The van der Waals surface area contributed by atoms with Gasteiger partial charge in [-0.25, -0.2) is 0 Å². The molecular formula is C12H20N2O. The zero-order valence-corrected chi connectivity index (χ0v) is 9.33. The number of nitrogens with one attached hydrogen (secondary N) is 1. The van der Waals surface area contributed by atoms with E-state index in [0.717, 1.165) is 12.8 Å². The first-order valence-corrected chi connectivity index (χ1v) is 5.86. The van der Waals surface area contributed by atoms with E-state index in [2.05, 4.69) is 17.3 Å². The molecule has 3 heteroatoms. The lowest BCUT2D eigenvalue weighted by Crippen LogP contribution is -2.44. The monoisotopic (exact) mass is 208 g/mol. The second kappa shape index (κ2) is 4.98. The Bertz CT molecular complexity index is 269. The van der Waals surface area contributed by atoms with Crippen molar-refractivity contribution in [3.05, 3.63) is 0 Å². The van der Waals surface area contributed by atoms with Gasteiger partial charge in [0.1, 0.15) is 0 Å². The van der Waals surface area contributed by atoms with Crippen molar-refractivity contribution in [2.75, 3.05) is 0 Å². The van der Waals surface area contributed by atoms with Gasteiger partial charge in [-0.15, -0.1) is 11.8 Å². The summed E-state index contributed by atoms with van der Waals surface area (Å²) in [5.41, 5.74) is 2.94. The summed E-state index contributed by atoms with van der Waals surface area (Å²) in [6, 6.07) is 0.376. The maximum Gasteiger partial charge on any atom is 0.0624 e. The number of nitrogens with two attached hydrogens (primary N) is 1. The highest BCUT2D eigenvalue weighted by Gasteiger charge is 2.43. The van der Waals surface area contributed by atoms with Gasteiger partial charge < -0.3 is 4.74 Å². The molecule has 2 rings (SSSR count). The maximum atomic E-state index is 5.84. The zero-order valence-electron chi connectivity index (χ0n) is 9.33. The molecule has 4 atom stereocenters. The van der Waals surface area contributed by atoms with Crippen LogP contribution in [0.2, 0.25) is 0 Å². The van der Waals surface area contributed by atoms with Crippen molar-refractivity contribution in [3.63, 3.8) is 0 Å². The zero-order chi connectivity index (χ0) is 10.7. The summed E-state index contributed by atoms with van der Waals surface area (Å²) in [5, 5.41) is 0. The fraction of sp³-hybridized carbons (Fsp3) is 0.833. The fourth-order valence-electron chi connectivity index (χ4n) is 2.87. The molecule has 0 aromatic heterocycles. The minimum absolute atomic E-state index is 0.376. The van der Waals surface area contributed by atoms with Crippen LogP contribution in [0.3, 0.4) is 0 Å². The maximum absolute atomic E-state index is 5.84. The normalized spacial score (nSPS) is 34.9. The molecule has 4 unspecified atom stereocenters. The highest BCUT2D eigenvalue weighted by molar-refractivity contribution is 4.99. The van der Waals surface area contributed by atoms with Crippen LogP contribution in [0.5, 0.6) is 0 Å². The Balaban J connectivity index is 1.85. The Kier molecular flexibility index (Phi) is 3.63. The highest BCUT2D eigenvalue weighted by atomic mass is 16.5. The quantitative estimate of drug-likeness (QED) is 0.414. The molecule has 0 radical (unpaired) electrons. The van der Waals surface area contributed by atoms with E-state index in [-0.39, 0.29) is 0 Å². The van der Waals surface area contributed by atoms with Gasteiger partial charge in [0.25, 0.3) is 0 Å². The summed E-state index contributed by atoms with van der Waals surface area (Å²) in [5.74, 6) is 12.2. The van der Waals surface area contributed by atoms with Crippen molar-refractivity contribution in [1.29, 1.82) is 0 Å². The SMILES string of the molecule is CC#CCCC(NN)C1CC2CCC1O2. The lowest BCUT2D eigenvalue weighted by atomic mass is 9.82. The van der Waals surface area contributed by atoms with Gasteiger partial charge in [0.05, 0.1) is 12.2 Å². The van der Waals surface area contributed by atoms with Crippen LogP contribution in [-0.2, 0) is 4.74 Å². The van der Waals surface area contributed by atoms with E-state index in [0.29, 0.717) is 24.2 Å². The second-order valence-corrected chi connectivity index (χ2v) is 4.51. The molecule has 3 N–H and O–H groups in total. The predicted octanol–water partition coefficient (Wildman–Crippen LogP) is 1.19. The summed E-state index contributed by atoms with van der Waals surface area (Å²) < 4.78 is 5.84. The molecule has 2 bridgehead atoms. The Morgan fingerprint density at radius 1 is 1.53 bits per heavy atom. The van der Waals surface area contributed by atoms with Crippen molar-refractivity contribution < 1.29 is 4.74 Å². The molecule has 0 amide bonds. The third-order valence-electron chi connectivity index (χ3n) is 3.64. The molecule has 3 nitrogen and oxygen atoms in total. The Hall–Kier alpha value is -0.560. The van der Waals surface area contributed by atoms with Gasteiger partial charge >= 0.3 is 0 Å². The van der Waals surface area contributed by atoms with Crippen LogP contribution in [0.15, 0.2) is 0 Å². The van der Waals surface area contributed by atoms with E-state index in [1.165, 1.54) is 19.3 Å². The molecule has 0 saturated carbocycles. The molecule has 0 aromatic carbocycles. The number of hydrogen-bond donors (Lipinski definition) is 2. The molecule has 0 aromatic rings. The second-order valence-electron chi connectivity index (χ2n) is 4.51. The van der Waals surface area contributed by atoms with Crippen LogP contribution in [0.1, 0.15) is 39.0 Å². The first-order chi connectivity index (χ1) is 7.35. The summed E-state index contributed by atoms with van der Waals surface area (Å²) in [7, 11) is 0. The van der Waals surface area contributed by atoms with Gasteiger partial charge in [0.2, 0.25) is 0 Å². The third-order valence-corrected chi connectivity index (χ3v) is 3.64. The largest absolute Gasteiger partial charge is 0.375 e. The lowest BCUT2D eigenvalue weighted by molar-refractivity contribution is 0.0851. The van der Waals surface area contributed by atoms with Crippen LogP contribution in [0.4, 0.5) is 0 Å². The molecule has 0 spiro atoms. The van der Waals surface area contributed by atoms with E-state index in [1.54, 1.807) is 0 Å². The van der Waals surface area contributed by atoms with Crippen molar-refractivity contribution in [3.8, 4) is 11.8 Å². The van der Waals surface area contributed by atoms with E-state index in [4.69, 9.17) is 10.6 Å². The van der Waals surface area contributed by atoms with Crippen LogP contribution in [-0.4, -0.2) is 18.2 Å². The third kappa shape index (κ3) is 2.34. The average molecular weight is 208 g/mol. The van der Waals surface area contributed by atoms with E-state index in [9.17, 15) is 0 Å². The minimum atomic E-state index is 0.376. The molecule has 2 heterocycles. The van der Waals surface area contributed by atoms with E-state index >= 15 is 0 Å². The van der Waals surface area contributed by atoms with Crippen molar-refractivity contribution in [1.82, 2.24) is 5.43 Å². The molecule has 0 aliphatic carbocycles.